The second kappa shape index (κ2) is 4.78. The average molecular weight is 258 g/mol. The number of aromatic nitrogens is 3. The van der Waals surface area contributed by atoms with E-state index in [-0.39, 0.29) is 0 Å². The van der Waals surface area contributed by atoms with Gasteiger partial charge in [-0.05, 0) is 12.1 Å². The lowest BCUT2D eigenvalue weighted by Crippen LogP contribution is -2.11. The highest BCUT2D eigenvalue weighted by Crippen LogP contribution is 2.19. The zero-order valence-corrected chi connectivity index (χ0v) is 10.9. The maximum atomic E-state index is 4.34. The molecule has 3 aromatic heterocycles. The van der Waals surface area contributed by atoms with Crippen LogP contribution in [-0.2, 0) is 0 Å². The molecular formula is C13H14N4S. The van der Waals surface area contributed by atoms with Crippen LogP contribution in [0.4, 0.5) is 5.82 Å². The highest BCUT2D eigenvalue weighted by molar-refractivity contribution is 7.09. The standard InChI is InChI=1S/C13H14N4S/c1-10(13-15-6-8-18-13)9-16-12-4-2-3-11-14-5-7-17(11)12/h2-8,10,16H,9H2,1H3. The van der Waals surface area contributed by atoms with Crippen molar-refractivity contribution in [3.8, 4) is 0 Å². The topological polar surface area (TPSA) is 42.2 Å². The Kier molecular flexibility index (Phi) is 2.98. The third-order valence-electron chi connectivity index (χ3n) is 2.89. The fourth-order valence-corrected chi connectivity index (χ4v) is 2.61. The maximum absolute atomic E-state index is 4.34. The van der Waals surface area contributed by atoms with Crippen molar-refractivity contribution >= 4 is 22.8 Å². The Morgan fingerprint density at radius 2 is 2.28 bits per heavy atom. The Balaban J connectivity index is 1.75. The van der Waals surface area contributed by atoms with Gasteiger partial charge in [0.1, 0.15) is 11.5 Å². The lowest BCUT2D eigenvalue weighted by atomic mass is 10.2. The van der Waals surface area contributed by atoms with Crippen molar-refractivity contribution in [2.45, 2.75) is 12.8 Å². The van der Waals surface area contributed by atoms with E-state index in [2.05, 4.69) is 32.7 Å². The Morgan fingerprint density at radius 1 is 1.33 bits per heavy atom. The normalized spacial score (nSPS) is 12.7. The van der Waals surface area contributed by atoms with Gasteiger partial charge in [0, 0.05) is 36.4 Å². The molecule has 3 rings (SSSR count). The number of thiazole rings is 1. The molecule has 0 aromatic carbocycles. The first-order chi connectivity index (χ1) is 8.84. The van der Waals surface area contributed by atoms with Crippen LogP contribution in [0.2, 0.25) is 0 Å². The van der Waals surface area contributed by atoms with E-state index >= 15 is 0 Å². The zero-order chi connectivity index (χ0) is 12.4. The van der Waals surface area contributed by atoms with Gasteiger partial charge in [-0.1, -0.05) is 13.0 Å². The lowest BCUT2D eigenvalue weighted by Gasteiger charge is -2.12. The van der Waals surface area contributed by atoms with Crippen molar-refractivity contribution in [2.75, 3.05) is 11.9 Å². The van der Waals surface area contributed by atoms with E-state index in [0.717, 1.165) is 18.0 Å². The summed E-state index contributed by atoms with van der Waals surface area (Å²) < 4.78 is 2.05. The number of hydrogen-bond acceptors (Lipinski definition) is 4. The van der Waals surface area contributed by atoms with Gasteiger partial charge in [-0.3, -0.25) is 4.40 Å². The van der Waals surface area contributed by atoms with Crippen LogP contribution in [0.5, 0.6) is 0 Å². The number of imidazole rings is 1. The summed E-state index contributed by atoms with van der Waals surface area (Å²) >= 11 is 1.70. The van der Waals surface area contributed by atoms with Crippen LogP contribution < -0.4 is 5.32 Å². The molecule has 0 amide bonds. The number of rotatable bonds is 4. The van der Waals surface area contributed by atoms with Crippen molar-refractivity contribution in [1.29, 1.82) is 0 Å². The van der Waals surface area contributed by atoms with Crippen molar-refractivity contribution in [3.05, 3.63) is 47.2 Å². The number of nitrogens with zero attached hydrogens (tertiary/aromatic N) is 3. The fourth-order valence-electron chi connectivity index (χ4n) is 1.91. The predicted molar refractivity (Wildman–Crippen MR) is 74.2 cm³/mol. The molecule has 1 N–H and O–H groups in total. The molecule has 0 radical (unpaired) electrons. The second-order valence-electron chi connectivity index (χ2n) is 4.22. The van der Waals surface area contributed by atoms with E-state index in [9.17, 15) is 0 Å². The lowest BCUT2D eigenvalue weighted by molar-refractivity contribution is 0.790. The molecule has 0 saturated heterocycles. The predicted octanol–water partition coefficient (Wildman–Crippen LogP) is 3.01. The first kappa shape index (κ1) is 11.2. The summed E-state index contributed by atoms with van der Waals surface area (Å²) in [6, 6.07) is 6.07. The van der Waals surface area contributed by atoms with Crippen molar-refractivity contribution in [3.63, 3.8) is 0 Å². The van der Waals surface area contributed by atoms with Crippen LogP contribution in [0.25, 0.3) is 5.65 Å². The van der Waals surface area contributed by atoms with Gasteiger partial charge in [0.2, 0.25) is 0 Å². The first-order valence-corrected chi connectivity index (χ1v) is 6.78. The maximum Gasteiger partial charge on any atom is 0.138 e. The van der Waals surface area contributed by atoms with Gasteiger partial charge in [-0.15, -0.1) is 11.3 Å². The Labute approximate surface area is 109 Å². The average Bonchev–Trinajstić information content (AvgIpc) is 3.05. The second-order valence-corrected chi connectivity index (χ2v) is 5.14. The van der Waals surface area contributed by atoms with Crippen molar-refractivity contribution in [1.82, 2.24) is 14.4 Å². The molecule has 0 aliphatic rings. The molecule has 1 unspecified atom stereocenters. The van der Waals surface area contributed by atoms with E-state index in [1.165, 1.54) is 5.01 Å². The minimum atomic E-state index is 0.406. The zero-order valence-electron chi connectivity index (χ0n) is 10.1. The molecule has 0 bridgehead atoms. The summed E-state index contributed by atoms with van der Waals surface area (Å²) in [5.41, 5.74) is 0.960. The summed E-state index contributed by atoms with van der Waals surface area (Å²) in [5.74, 6) is 1.47. The van der Waals surface area contributed by atoms with E-state index in [1.807, 2.05) is 36.1 Å². The summed E-state index contributed by atoms with van der Waals surface area (Å²) in [6.07, 6.45) is 5.63. The van der Waals surface area contributed by atoms with Gasteiger partial charge in [-0.2, -0.15) is 0 Å². The third kappa shape index (κ3) is 2.09. The molecule has 0 saturated carbocycles. The minimum Gasteiger partial charge on any atom is -0.370 e. The molecule has 4 nitrogen and oxygen atoms in total. The fraction of sp³-hybridized carbons (Fsp3) is 0.231. The molecule has 1 atom stereocenters. The number of pyridine rings is 1. The van der Waals surface area contributed by atoms with E-state index in [4.69, 9.17) is 0 Å². The van der Waals surface area contributed by atoms with E-state index in [0.29, 0.717) is 5.92 Å². The minimum absolute atomic E-state index is 0.406. The van der Waals surface area contributed by atoms with E-state index in [1.54, 1.807) is 11.3 Å². The van der Waals surface area contributed by atoms with Gasteiger partial charge < -0.3 is 5.32 Å². The molecule has 0 aliphatic heterocycles. The van der Waals surface area contributed by atoms with Crippen molar-refractivity contribution in [2.24, 2.45) is 0 Å². The number of hydrogen-bond donors (Lipinski definition) is 1. The molecule has 0 aliphatic carbocycles. The molecule has 18 heavy (non-hydrogen) atoms. The number of nitrogens with one attached hydrogen (secondary N) is 1. The molecule has 5 heteroatoms. The SMILES string of the molecule is CC(CNc1cccc2nccn12)c1nccs1. The molecular weight excluding hydrogens is 244 g/mol. The largest absolute Gasteiger partial charge is 0.370 e. The summed E-state index contributed by atoms with van der Waals surface area (Å²) in [4.78, 5) is 8.61. The van der Waals surface area contributed by atoms with Crippen LogP contribution >= 0.6 is 11.3 Å². The molecule has 3 heterocycles. The number of anilines is 1. The van der Waals surface area contributed by atoms with Gasteiger partial charge in [0.15, 0.2) is 0 Å². The van der Waals surface area contributed by atoms with E-state index < -0.39 is 0 Å². The van der Waals surface area contributed by atoms with Gasteiger partial charge in [0.25, 0.3) is 0 Å². The molecule has 3 aromatic rings. The van der Waals surface area contributed by atoms with Crippen LogP contribution in [0.1, 0.15) is 17.8 Å². The van der Waals surface area contributed by atoms with Crippen LogP contribution in [0.15, 0.2) is 42.2 Å². The molecule has 0 spiro atoms. The summed E-state index contributed by atoms with van der Waals surface area (Å²) in [6.45, 7) is 3.05. The first-order valence-electron chi connectivity index (χ1n) is 5.90. The smallest absolute Gasteiger partial charge is 0.138 e. The third-order valence-corrected chi connectivity index (χ3v) is 3.90. The molecule has 92 valence electrons. The summed E-state index contributed by atoms with van der Waals surface area (Å²) in [7, 11) is 0. The Hall–Kier alpha value is -1.88. The summed E-state index contributed by atoms with van der Waals surface area (Å²) in [5, 5.41) is 6.63. The Morgan fingerprint density at radius 3 is 3.11 bits per heavy atom. The Bertz CT molecular complexity index is 629. The monoisotopic (exact) mass is 258 g/mol. The van der Waals surface area contributed by atoms with Crippen LogP contribution in [-0.4, -0.2) is 20.9 Å². The van der Waals surface area contributed by atoms with Gasteiger partial charge >= 0.3 is 0 Å². The molecule has 0 fully saturated rings. The highest BCUT2D eigenvalue weighted by atomic mass is 32.1. The highest BCUT2D eigenvalue weighted by Gasteiger charge is 2.08. The quantitative estimate of drug-likeness (QED) is 0.782. The number of fused-ring (bicyclic) bond motifs is 1. The van der Waals surface area contributed by atoms with Gasteiger partial charge in [-0.25, -0.2) is 9.97 Å². The van der Waals surface area contributed by atoms with Gasteiger partial charge in [0.05, 0.1) is 5.01 Å². The van der Waals surface area contributed by atoms with Crippen LogP contribution in [0.3, 0.4) is 0 Å². The van der Waals surface area contributed by atoms with Crippen LogP contribution in [0, 0.1) is 0 Å². The van der Waals surface area contributed by atoms with Crippen molar-refractivity contribution < 1.29 is 0 Å².